The molecule has 1 aromatic carbocycles. The minimum atomic E-state index is -0.0573. The van der Waals surface area contributed by atoms with Crippen molar-refractivity contribution in [2.75, 3.05) is 18.2 Å². The predicted molar refractivity (Wildman–Crippen MR) is 118 cm³/mol. The minimum Gasteiger partial charge on any atom is -0.497 e. The summed E-state index contributed by atoms with van der Waals surface area (Å²) in [5, 5.41) is 18.9. The van der Waals surface area contributed by atoms with E-state index in [1.165, 1.54) is 11.3 Å². The molecule has 4 rings (SSSR count). The van der Waals surface area contributed by atoms with Gasteiger partial charge >= 0.3 is 6.03 Å². The van der Waals surface area contributed by atoms with Crippen LogP contribution in [0.3, 0.4) is 0 Å². The van der Waals surface area contributed by atoms with E-state index in [1.54, 1.807) is 7.11 Å². The molecule has 0 unspecified atom stereocenters. The van der Waals surface area contributed by atoms with E-state index in [4.69, 9.17) is 4.74 Å². The molecule has 1 aromatic heterocycles. The van der Waals surface area contributed by atoms with Crippen molar-refractivity contribution in [3.05, 3.63) is 34.8 Å². The van der Waals surface area contributed by atoms with Gasteiger partial charge in [0.05, 0.1) is 19.2 Å². The summed E-state index contributed by atoms with van der Waals surface area (Å²) in [6.07, 6.45) is 3.92. The van der Waals surface area contributed by atoms with Crippen LogP contribution >= 0.6 is 23.1 Å². The maximum absolute atomic E-state index is 12.2. The number of hydrogen-bond acceptors (Lipinski definition) is 7. The average Bonchev–Trinajstić information content (AvgIpc) is 3.42. The van der Waals surface area contributed by atoms with Gasteiger partial charge in [0.25, 0.3) is 0 Å². The molecule has 0 radical (unpaired) electrons. The Kier molecular flexibility index (Phi) is 6.73. The lowest BCUT2D eigenvalue weighted by Gasteiger charge is -2.16. The molecule has 3 N–H and O–H groups in total. The average molecular weight is 448 g/mol. The molecule has 2 aliphatic heterocycles. The van der Waals surface area contributed by atoms with Gasteiger partial charge in [-0.2, -0.15) is 11.8 Å². The molecule has 30 heavy (non-hydrogen) atoms. The van der Waals surface area contributed by atoms with Gasteiger partial charge in [0, 0.05) is 23.8 Å². The van der Waals surface area contributed by atoms with E-state index < -0.39 is 0 Å². The molecule has 2 fully saturated rings. The van der Waals surface area contributed by atoms with Crippen LogP contribution in [0, 0.1) is 0 Å². The third-order valence-electron chi connectivity index (χ3n) is 5.31. The molecular formula is C20H25N5O3S2. The Morgan fingerprint density at radius 3 is 2.87 bits per heavy atom. The molecule has 160 valence electrons. The molecule has 0 spiro atoms. The smallest absolute Gasteiger partial charge is 0.315 e. The molecule has 8 nitrogen and oxygen atoms in total. The van der Waals surface area contributed by atoms with E-state index in [1.807, 2.05) is 36.0 Å². The number of carbonyl (C=O) groups excluding carboxylic acids is 2. The third-order valence-corrected chi connectivity index (χ3v) is 7.66. The van der Waals surface area contributed by atoms with Crippen LogP contribution in [-0.2, 0) is 11.2 Å². The second-order valence-corrected chi connectivity index (χ2v) is 9.78. The van der Waals surface area contributed by atoms with Crippen molar-refractivity contribution in [2.45, 2.75) is 49.4 Å². The number of benzene rings is 1. The van der Waals surface area contributed by atoms with Crippen molar-refractivity contribution < 1.29 is 14.3 Å². The number of fused-ring (bicyclic) bond motifs is 1. The first kappa shape index (κ1) is 20.9. The van der Waals surface area contributed by atoms with Gasteiger partial charge < -0.3 is 20.7 Å². The fourth-order valence-corrected chi connectivity index (χ4v) is 6.08. The zero-order chi connectivity index (χ0) is 20.9. The summed E-state index contributed by atoms with van der Waals surface area (Å²) in [5.41, 5.74) is 1.12. The Morgan fingerprint density at radius 2 is 2.07 bits per heavy atom. The van der Waals surface area contributed by atoms with Crippen molar-refractivity contribution in [3.8, 4) is 5.75 Å². The Balaban J connectivity index is 1.16. The lowest BCUT2D eigenvalue weighted by atomic mass is 10.0. The molecule has 3 heterocycles. The molecule has 0 aliphatic carbocycles. The summed E-state index contributed by atoms with van der Waals surface area (Å²) in [6.45, 7) is 0. The van der Waals surface area contributed by atoms with E-state index in [2.05, 4.69) is 26.1 Å². The zero-order valence-electron chi connectivity index (χ0n) is 16.7. The largest absolute Gasteiger partial charge is 0.497 e. The molecular weight excluding hydrogens is 422 g/mol. The SMILES string of the molecule is COc1ccc(Cc2nnc(NC(=O)CCCC[C@H]3SC[C@@H]4NC(=O)N[C@H]43)s2)cc1. The van der Waals surface area contributed by atoms with E-state index in [9.17, 15) is 9.59 Å². The normalized spacial score (nSPS) is 22.3. The fourth-order valence-electron chi connectivity index (χ4n) is 3.75. The molecule has 2 aliphatic rings. The van der Waals surface area contributed by atoms with Crippen molar-refractivity contribution >= 4 is 40.2 Å². The maximum atomic E-state index is 12.2. The van der Waals surface area contributed by atoms with Crippen molar-refractivity contribution in [3.63, 3.8) is 0 Å². The van der Waals surface area contributed by atoms with Crippen LogP contribution in [0.5, 0.6) is 5.75 Å². The highest BCUT2D eigenvalue weighted by molar-refractivity contribution is 8.00. The van der Waals surface area contributed by atoms with Gasteiger partial charge in [-0.05, 0) is 30.5 Å². The van der Waals surface area contributed by atoms with E-state index in [0.717, 1.165) is 41.3 Å². The summed E-state index contributed by atoms with van der Waals surface area (Å²) in [4.78, 5) is 23.6. The summed E-state index contributed by atoms with van der Waals surface area (Å²) >= 11 is 3.30. The van der Waals surface area contributed by atoms with Gasteiger partial charge in [0.15, 0.2) is 0 Å². The monoisotopic (exact) mass is 447 g/mol. The number of amides is 3. The summed E-state index contributed by atoms with van der Waals surface area (Å²) < 4.78 is 5.17. The van der Waals surface area contributed by atoms with Gasteiger partial charge in [0.2, 0.25) is 11.0 Å². The van der Waals surface area contributed by atoms with Gasteiger partial charge in [-0.3, -0.25) is 4.79 Å². The standard InChI is InChI=1S/C20H25N5O3S2/c1-28-13-8-6-12(7-9-13)10-17-24-25-20(30-17)22-16(26)5-3-2-4-15-18-14(11-29-15)21-19(27)23-18/h6-9,14-15,18H,2-5,10-11H2,1H3,(H2,21,23,27)(H,22,25,26)/t14-,15+,18+/m0/s1. The number of thioether (sulfide) groups is 1. The van der Waals surface area contributed by atoms with Gasteiger partial charge in [-0.15, -0.1) is 10.2 Å². The molecule has 2 saturated heterocycles. The molecule has 2 aromatic rings. The van der Waals surface area contributed by atoms with Crippen LogP contribution in [-0.4, -0.2) is 52.3 Å². The minimum absolute atomic E-state index is 0.0325. The number of unbranched alkanes of at least 4 members (excludes halogenated alkanes) is 1. The van der Waals surface area contributed by atoms with E-state index in [-0.39, 0.29) is 24.0 Å². The van der Waals surface area contributed by atoms with Gasteiger partial charge in [-0.25, -0.2) is 4.79 Å². The number of ether oxygens (including phenoxy) is 1. The highest BCUT2D eigenvalue weighted by Crippen LogP contribution is 2.33. The first-order valence-electron chi connectivity index (χ1n) is 10.0. The molecule has 3 atom stereocenters. The van der Waals surface area contributed by atoms with Crippen LogP contribution in [0.1, 0.15) is 36.3 Å². The highest BCUT2D eigenvalue weighted by Gasteiger charge is 2.42. The number of rotatable bonds is 9. The van der Waals surface area contributed by atoms with Gasteiger partial charge in [-0.1, -0.05) is 29.9 Å². The van der Waals surface area contributed by atoms with Crippen molar-refractivity contribution in [2.24, 2.45) is 0 Å². The number of urea groups is 1. The third kappa shape index (κ3) is 5.23. The number of methoxy groups -OCH3 is 1. The summed E-state index contributed by atoms with van der Waals surface area (Å²) in [7, 11) is 1.64. The molecule has 0 bridgehead atoms. The number of aromatic nitrogens is 2. The topological polar surface area (TPSA) is 105 Å². The van der Waals surface area contributed by atoms with Crippen molar-refractivity contribution in [1.82, 2.24) is 20.8 Å². The lowest BCUT2D eigenvalue weighted by Crippen LogP contribution is -2.36. The van der Waals surface area contributed by atoms with Crippen LogP contribution in [0.25, 0.3) is 0 Å². The number of nitrogens with one attached hydrogen (secondary N) is 3. The van der Waals surface area contributed by atoms with Gasteiger partial charge in [0.1, 0.15) is 10.8 Å². The molecule has 10 heteroatoms. The van der Waals surface area contributed by atoms with Crippen LogP contribution in [0.15, 0.2) is 24.3 Å². The second kappa shape index (κ2) is 9.65. The zero-order valence-corrected chi connectivity index (χ0v) is 18.4. The Bertz CT molecular complexity index is 889. The van der Waals surface area contributed by atoms with E-state index in [0.29, 0.717) is 23.2 Å². The quantitative estimate of drug-likeness (QED) is 0.403. The maximum Gasteiger partial charge on any atom is 0.315 e. The highest BCUT2D eigenvalue weighted by atomic mass is 32.2. The van der Waals surface area contributed by atoms with E-state index >= 15 is 0 Å². The van der Waals surface area contributed by atoms with Crippen molar-refractivity contribution in [1.29, 1.82) is 0 Å². The first-order valence-corrected chi connectivity index (χ1v) is 11.9. The second-order valence-electron chi connectivity index (χ2n) is 7.44. The Hall–Kier alpha value is -2.33. The van der Waals surface area contributed by atoms with Crippen LogP contribution in [0.4, 0.5) is 9.93 Å². The lowest BCUT2D eigenvalue weighted by molar-refractivity contribution is -0.116. The fraction of sp³-hybridized carbons (Fsp3) is 0.500. The predicted octanol–water partition coefficient (Wildman–Crippen LogP) is 2.80. The molecule has 0 saturated carbocycles. The summed E-state index contributed by atoms with van der Waals surface area (Å²) in [6, 6.07) is 8.24. The number of carbonyl (C=O) groups is 2. The summed E-state index contributed by atoms with van der Waals surface area (Å²) in [5.74, 6) is 1.75. The van der Waals surface area contributed by atoms with Crippen LogP contribution in [0.2, 0.25) is 0 Å². The Morgan fingerprint density at radius 1 is 1.23 bits per heavy atom. The number of nitrogens with zero attached hydrogens (tertiary/aromatic N) is 2. The number of hydrogen-bond donors (Lipinski definition) is 3. The molecule has 3 amide bonds. The van der Waals surface area contributed by atoms with Crippen LogP contribution < -0.4 is 20.7 Å². The number of anilines is 1. The Labute approximate surface area is 183 Å². The first-order chi connectivity index (χ1) is 14.6.